The molecule has 0 aromatic carbocycles. The standard InChI is InChI=1S/C8H15O/c1-4-6-7-8(5-2)9-3/h1,4,8H,5-7H2,2-3H3. The predicted octanol–water partition coefficient (Wildman–Crippen LogP) is 2.18. The third kappa shape index (κ3) is 4.22. The number of rotatable bonds is 5. The van der Waals surface area contributed by atoms with E-state index in [2.05, 4.69) is 6.92 Å². The average Bonchev–Trinajstić information content (AvgIpc) is 1.91. The lowest BCUT2D eigenvalue weighted by molar-refractivity contribution is 0.0930. The smallest absolute Gasteiger partial charge is 0.0571 e. The molecule has 53 valence electrons. The molecular formula is C8H15O. The molecule has 0 aromatic heterocycles. The zero-order valence-corrected chi connectivity index (χ0v) is 6.26. The first-order valence-corrected chi connectivity index (χ1v) is 3.41. The first kappa shape index (κ1) is 8.70. The van der Waals surface area contributed by atoms with E-state index in [9.17, 15) is 0 Å². The van der Waals surface area contributed by atoms with Crippen LogP contribution in [0.4, 0.5) is 0 Å². The fraction of sp³-hybridized carbons (Fsp3) is 0.750. The Labute approximate surface area is 57.7 Å². The minimum Gasteiger partial charge on any atom is -0.381 e. The second-order valence-corrected chi connectivity index (χ2v) is 2.08. The van der Waals surface area contributed by atoms with Crippen molar-refractivity contribution in [3.63, 3.8) is 0 Å². The molecule has 0 aliphatic heterocycles. The highest BCUT2D eigenvalue weighted by Gasteiger charge is 2.00. The Bertz CT molecular complexity index is 65.0. The predicted molar refractivity (Wildman–Crippen MR) is 39.2 cm³/mol. The number of methoxy groups -OCH3 is 1. The van der Waals surface area contributed by atoms with Gasteiger partial charge >= 0.3 is 0 Å². The lowest BCUT2D eigenvalue weighted by Gasteiger charge is -2.09. The summed E-state index contributed by atoms with van der Waals surface area (Å²) in [5.74, 6) is 0. The van der Waals surface area contributed by atoms with Crippen LogP contribution in [-0.4, -0.2) is 13.2 Å². The van der Waals surface area contributed by atoms with Crippen LogP contribution >= 0.6 is 0 Å². The van der Waals surface area contributed by atoms with Crippen LogP contribution in [-0.2, 0) is 4.74 Å². The van der Waals surface area contributed by atoms with E-state index in [1.165, 1.54) is 0 Å². The van der Waals surface area contributed by atoms with Crippen LogP contribution in [0.1, 0.15) is 26.2 Å². The lowest BCUT2D eigenvalue weighted by atomic mass is 10.1. The molecule has 1 atom stereocenters. The molecule has 0 bridgehead atoms. The fourth-order valence-electron chi connectivity index (χ4n) is 0.771. The lowest BCUT2D eigenvalue weighted by Crippen LogP contribution is -2.07. The van der Waals surface area contributed by atoms with Gasteiger partial charge in [0.05, 0.1) is 6.10 Å². The van der Waals surface area contributed by atoms with E-state index in [-0.39, 0.29) is 0 Å². The second-order valence-electron chi connectivity index (χ2n) is 2.08. The monoisotopic (exact) mass is 127 g/mol. The molecule has 0 saturated carbocycles. The SMILES string of the molecule is [CH]=CCCC(CC)OC. The number of hydrogen-bond donors (Lipinski definition) is 0. The third-order valence-corrected chi connectivity index (χ3v) is 1.44. The summed E-state index contributed by atoms with van der Waals surface area (Å²) in [6.45, 7) is 7.32. The molecule has 0 amide bonds. The molecule has 0 N–H and O–H groups in total. The van der Waals surface area contributed by atoms with Crippen LogP contribution in [0.15, 0.2) is 6.08 Å². The zero-order chi connectivity index (χ0) is 7.11. The fourth-order valence-corrected chi connectivity index (χ4v) is 0.771. The number of ether oxygens (including phenoxy) is 1. The molecule has 0 fully saturated rings. The Morgan fingerprint density at radius 3 is 2.67 bits per heavy atom. The van der Waals surface area contributed by atoms with E-state index >= 15 is 0 Å². The van der Waals surface area contributed by atoms with Crippen molar-refractivity contribution in [2.24, 2.45) is 0 Å². The van der Waals surface area contributed by atoms with Gasteiger partial charge in [0.2, 0.25) is 0 Å². The molecule has 1 unspecified atom stereocenters. The molecule has 0 heterocycles. The molecule has 0 rings (SSSR count). The van der Waals surface area contributed by atoms with Crippen molar-refractivity contribution < 1.29 is 4.74 Å². The van der Waals surface area contributed by atoms with Crippen LogP contribution in [0.2, 0.25) is 0 Å². The van der Waals surface area contributed by atoms with Gasteiger partial charge in [0.25, 0.3) is 0 Å². The van der Waals surface area contributed by atoms with Gasteiger partial charge in [-0.15, -0.1) is 0 Å². The normalized spacial score (nSPS) is 13.1. The Balaban J connectivity index is 3.19. The Morgan fingerprint density at radius 2 is 2.33 bits per heavy atom. The molecule has 0 aliphatic carbocycles. The van der Waals surface area contributed by atoms with Gasteiger partial charge in [0, 0.05) is 7.11 Å². The van der Waals surface area contributed by atoms with Gasteiger partial charge in [-0.25, -0.2) is 0 Å². The van der Waals surface area contributed by atoms with Gasteiger partial charge in [-0.2, -0.15) is 0 Å². The highest BCUT2D eigenvalue weighted by Crippen LogP contribution is 2.04. The average molecular weight is 127 g/mol. The van der Waals surface area contributed by atoms with Gasteiger partial charge in [-0.05, 0) is 19.3 Å². The maximum Gasteiger partial charge on any atom is 0.0571 e. The minimum atomic E-state index is 0.393. The minimum absolute atomic E-state index is 0.393. The maximum absolute atomic E-state index is 5.21. The van der Waals surface area contributed by atoms with E-state index in [4.69, 9.17) is 11.3 Å². The topological polar surface area (TPSA) is 9.23 Å². The summed E-state index contributed by atoms with van der Waals surface area (Å²) in [6.07, 6.45) is 5.15. The highest BCUT2D eigenvalue weighted by atomic mass is 16.5. The molecule has 0 aromatic rings. The van der Waals surface area contributed by atoms with Crippen molar-refractivity contribution >= 4 is 0 Å². The largest absolute Gasteiger partial charge is 0.381 e. The van der Waals surface area contributed by atoms with E-state index in [0.29, 0.717) is 6.10 Å². The van der Waals surface area contributed by atoms with Crippen molar-refractivity contribution in [1.82, 2.24) is 0 Å². The van der Waals surface area contributed by atoms with Crippen LogP contribution in [0.3, 0.4) is 0 Å². The maximum atomic E-state index is 5.21. The Hall–Kier alpha value is -0.300. The zero-order valence-electron chi connectivity index (χ0n) is 6.26. The number of allylic oxidation sites excluding steroid dienone is 1. The molecule has 0 aliphatic rings. The summed E-state index contributed by atoms with van der Waals surface area (Å²) in [4.78, 5) is 0. The van der Waals surface area contributed by atoms with Crippen molar-refractivity contribution in [2.45, 2.75) is 32.3 Å². The van der Waals surface area contributed by atoms with Crippen LogP contribution in [0.25, 0.3) is 0 Å². The summed E-state index contributed by atoms with van der Waals surface area (Å²) in [5.41, 5.74) is 0. The summed E-state index contributed by atoms with van der Waals surface area (Å²) in [6, 6.07) is 0. The molecule has 1 nitrogen and oxygen atoms in total. The van der Waals surface area contributed by atoms with E-state index in [1.54, 1.807) is 13.2 Å². The molecule has 0 spiro atoms. The third-order valence-electron chi connectivity index (χ3n) is 1.44. The first-order valence-electron chi connectivity index (χ1n) is 3.41. The van der Waals surface area contributed by atoms with Crippen molar-refractivity contribution in [2.75, 3.05) is 7.11 Å². The molecule has 1 heteroatoms. The first-order chi connectivity index (χ1) is 4.35. The highest BCUT2D eigenvalue weighted by molar-refractivity contribution is 4.66. The second kappa shape index (κ2) is 5.83. The van der Waals surface area contributed by atoms with Gasteiger partial charge in [-0.1, -0.05) is 19.6 Å². The molecule has 0 saturated heterocycles. The summed E-state index contributed by atoms with van der Waals surface area (Å²) in [5, 5.41) is 0. The molecular weight excluding hydrogens is 112 g/mol. The van der Waals surface area contributed by atoms with Gasteiger partial charge in [-0.3, -0.25) is 0 Å². The molecule has 9 heavy (non-hydrogen) atoms. The Morgan fingerprint density at radius 1 is 1.67 bits per heavy atom. The summed E-state index contributed by atoms with van der Waals surface area (Å²) in [7, 11) is 1.74. The van der Waals surface area contributed by atoms with Gasteiger partial charge in [0.15, 0.2) is 0 Å². The van der Waals surface area contributed by atoms with Gasteiger partial charge < -0.3 is 4.74 Å². The summed E-state index contributed by atoms with van der Waals surface area (Å²) >= 11 is 0. The van der Waals surface area contributed by atoms with Gasteiger partial charge in [0.1, 0.15) is 0 Å². The van der Waals surface area contributed by atoms with Crippen molar-refractivity contribution in [1.29, 1.82) is 0 Å². The quantitative estimate of drug-likeness (QED) is 0.550. The van der Waals surface area contributed by atoms with E-state index < -0.39 is 0 Å². The molecule has 1 radical (unpaired) electrons. The van der Waals surface area contributed by atoms with Crippen molar-refractivity contribution in [3.05, 3.63) is 12.7 Å². The summed E-state index contributed by atoms with van der Waals surface area (Å²) < 4.78 is 5.13. The van der Waals surface area contributed by atoms with Crippen LogP contribution < -0.4 is 0 Å². The van der Waals surface area contributed by atoms with Crippen molar-refractivity contribution in [3.8, 4) is 0 Å². The number of hydrogen-bond acceptors (Lipinski definition) is 1. The Kier molecular flexibility index (Phi) is 5.64. The van der Waals surface area contributed by atoms with Crippen LogP contribution in [0, 0.1) is 6.58 Å². The van der Waals surface area contributed by atoms with E-state index in [0.717, 1.165) is 19.3 Å². The van der Waals surface area contributed by atoms with Crippen LogP contribution in [0.5, 0.6) is 0 Å². The van der Waals surface area contributed by atoms with E-state index in [1.807, 2.05) is 0 Å².